The highest BCUT2D eigenvalue weighted by molar-refractivity contribution is 5.83. The van der Waals surface area contributed by atoms with E-state index < -0.39 is 5.60 Å². The molecule has 0 unspecified atom stereocenters. The second-order valence-corrected chi connectivity index (χ2v) is 12.2. The van der Waals surface area contributed by atoms with E-state index in [1.165, 1.54) is 12.8 Å². The Balaban J connectivity index is 1.14. The molecule has 0 saturated carbocycles. The molecule has 0 amide bonds. The maximum absolute atomic E-state index is 13.4. The van der Waals surface area contributed by atoms with Crippen molar-refractivity contribution in [1.82, 2.24) is 9.47 Å². The van der Waals surface area contributed by atoms with Gasteiger partial charge < -0.3 is 19.3 Å². The molecule has 1 aromatic heterocycles. The maximum Gasteiger partial charge on any atom is 0.262 e. The molecule has 2 bridgehead atoms. The van der Waals surface area contributed by atoms with Gasteiger partial charge in [0.2, 0.25) is 0 Å². The molecule has 39 heavy (non-hydrogen) atoms. The number of pyridine rings is 1. The highest BCUT2D eigenvalue weighted by Crippen LogP contribution is 2.38. The molecule has 3 saturated heterocycles. The molecule has 6 rings (SSSR count). The Bertz CT molecular complexity index is 1370. The van der Waals surface area contributed by atoms with Gasteiger partial charge in [-0.05, 0) is 113 Å². The van der Waals surface area contributed by atoms with Crippen molar-refractivity contribution in [3.63, 3.8) is 0 Å². The van der Waals surface area contributed by atoms with Crippen LogP contribution < -0.4 is 15.0 Å². The van der Waals surface area contributed by atoms with Gasteiger partial charge in [0.15, 0.2) is 0 Å². The van der Waals surface area contributed by atoms with Gasteiger partial charge in [0.05, 0.1) is 11.7 Å². The Kier molecular flexibility index (Phi) is 7.16. The van der Waals surface area contributed by atoms with Crippen LogP contribution in [0.5, 0.6) is 11.5 Å². The molecule has 1 N–H and O–H groups in total. The van der Waals surface area contributed by atoms with E-state index in [2.05, 4.69) is 4.90 Å². The number of hydrogen-bond donors (Lipinski definition) is 1. The van der Waals surface area contributed by atoms with Crippen LogP contribution in [0.3, 0.4) is 0 Å². The summed E-state index contributed by atoms with van der Waals surface area (Å²) in [4.78, 5) is 15.9. The van der Waals surface area contributed by atoms with Gasteiger partial charge in [0.1, 0.15) is 24.2 Å². The maximum atomic E-state index is 13.4. The first-order valence-electron chi connectivity index (χ1n) is 14.4. The number of rotatable bonds is 8. The van der Waals surface area contributed by atoms with Crippen LogP contribution in [0.1, 0.15) is 57.9 Å². The summed E-state index contributed by atoms with van der Waals surface area (Å²) in [7, 11) is 0. The zero-order valence-electron chi connectivity index (χ0n) is 23.3. The summed E-state index contributed by atoms with van der Waals surface area (Å²) < 4.78 is 19.8. The predicted molar refractivity (Wildman–Crippen MR) is 152 cm³/mol. The van der Waals surface area contributed by atoms with Gasteiger partial charge in [-0.15, -0.1) is 0 Å². The molecule has 3 aliphatic heterocycles. The highest BCUT2D eigenvalue weighted by Gasteiger charge is 2.43. The monoisotopic (exact) mass is 532 g/mol. The molecular formula is C32H40N2O5. The van der Waals surface area contributed by atoms with Gasteiger partial charge in [-0.3, -0.25) is 14.3 Å². The van der Waals surface area contributed by atoms with E-state index in [0.717, 1.165) is 60.4 Å². The van der Waals surface area contributed by atoms with Crippen LogP contribution in [-0.2, 0) is 4.74 Å². The first-order valence-corrected chi connectivity index (χ1v) is 14.4. The lowest BCUT2D eigenvalue weighted by atomic mass is 9.97. The molecule has 0 aliphatic carbocycles. The molecule has 7 heteroatoms. The summed E-state index contributed by atoms with van der Waals surface area (Å²) in [6.07, 6.45) is 8.59. The van der Waals surface area contributed by atoms with Crippen LogP contribution in [0.25, 0.3) is 16.5 Å². The fraction of sp³-hybridized carbons (Fsp3) is 0.531. The Morgan fingerprint density at radius 3 is 2.54 bits per heavy atom. The summed E-state index contributed by atoms with van der Waals surface area (Å²) in [5.74, 6) is 1.63. The second-order valence-electron chi connectivity index (χ2n) is 12.2. The molecule has 3 aliphatic rings. The van der Waals surface area contributed by atoms with Crippen LogP contribution in [0, 0.1) is 6.92 Å². The summed E-state index contributed by atoms with van der Waals surface area (Å²) in [5.41, 5.74) is 1.11. The minimum atomic E-state index is -0.678. The number of nitrogens with zero attached hydrogens (tertiary/aromatic N) is 2. The van der Waals surface area contributed by atoms with Crippen molar-refractivity contribution in [3.8, 4) is 17.2 Å². The Labute approximate surface area is 230 Å². The van der Waals surface area contributed by atoms with Crippen molar-refractivity contribution in [1.29, 1.82) is 0 Å². The summed E-state index contributed by atoms with van der Waals surface area (Å²) in [6.45, 7) is 7.88. The lowest BCUT2D eigenvalue weighted by Crippen LogP contribution is -2.51. The van der Waals surface area contributed by atoms with Crippen molar-refractivity contribution in [3.05, 3.63) is 64.6 Å². The molecule has 3 aromatic rings. The Morgan fingerprint density at radius 2 is 1.85 bits per heavy atom. The largest absolute Gasteiger partial charge is 0.491 e. The van der Waals surface area contributed by atoms with Crippen molar-refractivity contribution in [2.24, 2.45) is 0 Å². The Hall–Kier alpha value is -2.87. The number of ether oxygens (including phenoxy) is 3. The number of piperidine rings is 1. The normalized spacial score (nSPS) is 25.3. The average molecular weight is 533 g/mol. The number of hydrogen-bond acceptors (Lipinski definition) is 6. The van der Waals surface area contributed by atoms with Crippen molar-refractivity contribution < 1.29 is 19.3 Å². The summed E-state index contributed by atoms with van der Waals surface area (Å²) in [6, 6.07) is 14.5. The lowest BCUT2D eigenvalue weighted by molar-refractivity contribution is -0.0169. The third-order valence-corrected chi connectivity index (χ3v) is 8.48. The fourth-order valence-electron chi connectivity index (χ4n) is 6.60. The third kappa shape index (κ3) is 5.72. The van der Waals surface area contributed by atoms with Crippen LogP contribution in [0.15, 0.2) is 53.5 Å². The highest BCUT2D eigenvalue weighted by atomic mass is 16.5. The van der Waals surface area contributed by atoms with Crippen LogP contribution in [-0.4, -0.2) is 64.2 Å². The standard InChI is InChI=1S/C32H40N2O5/c1-21-15-23(8-11-30(21)39-28-17-24-6-7-25(18-28)34(24)20-32(2,3)36)33-13-12-22-16-26(9-10-29(22)31(33)35)38-19-27-5-4-14-37-27/h8-13,15-16,24-25,27-28,36H,4-7,14,17-20H2,1-3H3/t24-,25+,27-,28+/m1/s1. The second kappa shape index (κ2) is 10.6. The van der Waals surface area contributed by atoms with Crippen LogP contribution in [0.2, 0.25) is 0 Å². The van der Waals surface area contributed by atoms with Gasteiger partial charge in [0, 0.05) is 42.5 Å². The molecular weight excluding hydrogens is 492 g/mol. The van der Waals surface area contributed by atoms with Crippen molar-refractivity contribution >= 4 is 10.8 Å². The molecule has 208 valence electrons. The van der Waals surface area contributed by atoms with E-state index in [-0.39, 0.29) is 17.8 Å². The first kappa shape index (κ1) is 26.4. The number of benzene rings is 2. The summed E-state index contributed by atoms with van der Waals surface area (Å²) in [5, 5.41) is 11.9. The van der Waals surface area contributed by atoms with Crippen molar-refractivity contribution in [2.75, 3.05) is 19.8 Å². The van der Waals surface area contributed by atoms with Crippen LogP contribution >= 0.6 is 0 Å². The van der Waals surface area contributed by atoms with Crippen molar-refractivity contribution in [2.45, 2.75) is 89.2 Å². The average Bonchev–Trinajstić information content (AvgIpc) is 3.48. The smallest absolute Gasteiger partial charge is 0.262 e. The Morgan fingerprint density at radius 1 is 1.05 bits per heavy atom. The van der Waals surface area contributed by atoms with Gasteiger partial charge in [-0.2, -0.15) is 0 Å². The lowest BCUT2D eigenvalue weighted by Gasteiger charge is -2.41. The number of aryl methyl sites for hydroxylation is 1. The van der Waals surface area contributed by atoms with E-state index in [9.17, 15) is 9.90 Å². The van der Waals surface area contributed by atoms with Crippen LogP contribution in [0.4, 0.5) is 0 Å². The molecule has 2 aromatic carbocycles. The van der Waals surface area contributed by atoms with Gasteiger partial charge in [0.25, 0.3) is 5.56 Å². The molecule has 7 nitrogen and oxygen atoms in total. The number of fused-ring (bicyclic) bond motifs is 3. The predicted octanol–water partition coefficient (Wildman–Crippen LogP) is 5.00. The minimum absolute atomic E-state index is 0.0537. The van der Waals surface area contributed by atoms with E-state index in [1.807, 2.05) is 69.4 Å². The van der Waals surface area contributed by atoms with E-state index in [0.29, 0.717) is 30.6 Å². The van der Waals surface area contributed by atoms with Gasteiger partial charge in [-0.25, -0.2) is 0 Å². The minimum Gasteiger partial charge on any atom is -0.491 e. The fourth-order valence-corrected chi connectivity index (χ4v) is 6.60. The zero-order valence-corrected chi connectivity index (χ0v) is 23.3. The summed E-state index contributed by atoms with van der Waals surface area (Å²) >= 11 is 0. The van der Waals surface area contributed by atoms with Gasteiger partial charge >= 0.3 is 0 Å². The van der Waals surface area contributed by atoms with Gasteiger partial charge in [-0.1, -0.05) is 0 Å². The zero-order chi connectivity index (χ0) is 27.1. The third-order valence-electron chi connectivity index (χ3n) is 8.48. The quantitative estimate of drug-likeness (QED) is 0.440. The van der Waals surface area contributed by atoms with E-state index in [4.69, 9.17) is 14.2 Å². The molecule has 4 atom stereocenters. The number of aromatic nitrogens is 1. The SMILES string of the molecule is Cc1cc(-n2ccc3cc(OC[C@H]4CCCO4)ccc3c2=O)ccc1O[C@H]1C[C@H]2CC[C@@H](C1)N2CC(C)(C)O. The topological polar surface area (TPSA) is 73.2 Å². The number of aliphatic hydroxyl groups is 1. The molecule has 4 heterocycles. The van der Waals surface area contributed by atoms with E-state index in [1.54, 1.807) is 4.57 Å². The molecule has 0 radical (unpaired) electrons. The molecule has 0 spiro atoms. The molecule has 3 fully saturated rings. The van der Waals surface area contributed by atoms with E-state index >= 15 is 0 Å². The first-order chi connectivity index (χ1) is 18.7.